The second-order valence-corrected chi connectivity index (χ2v) is 9.80. The number of methoxy groups -OCH3 is 1. The number of ether oxygens (including phenoxy) is 2. The highest BCUT2D eigenvalue weighted by molar-refractivity contribution is 6.20. The number of carbonyl (C=O) groups excluding carboxylic acids is 2. The van der Waals surface area contributed by atoms with Crippen LogP contribution in [0.2, 0.25) is 0 Å². The van der Waals surface area contributed by atoms with E-state index in [9.17, 15) is 9.59 Å². The standard InChI is InChI=1S/C27H34N4O4/c1-16-24(27(33)30-19-9-12-31(13-10-19)17(2)32)26-21(8-11-28-26)25(29-16)22-14-20(34-3)6-7-23(22)35-15-18-4-5-18/h6-8,11,14,18-19,25,28-29H,4-5,9-10,12-13,15H2,1-3H3,(H,30,33). The van der Waals surface area contributed by atoms with E-state index in [1.165, 1.54) is 12.8 Å². The van der Waals surface area contributed by atoms with Gasteiger partial charge in [-0.2, -0.15) is 0 Å². The molecule has 0 radical (unpaired) electrons. The molecule has 2 aromatic rings. The minimum Gasteiger partial charge on any atom is -0.497 e. The Bertz CT molecular complexity index is 1140. The van der Waals surface area contributed by atoms with E-state index in [2.05, 4.69) is 15.6 Å². The summed E-state index contributed by atoms with van der Waals surface area (Å²) in [5.41, 5.74) is 4.23. The molecule has 3 heterocycles. The molecule has 1 aromatic carbocycles. The molecule has 2 aliphatic heterocycles. The van der Waals surface area contributed by atoms with E-state index in [1.807, 2.05) is 42.3 Å². The van der Waals surface area contributed by atoms with E-state index < -0.39 is 0 Å². The average molecular weight is 479 g/mol. The van der Waals surface area contributed by atoms with Gasteiger partial charge in [0.05, 0.1) is 31.0 Å². The molecule has 35 heavy (non-hydrogen) atoms. The molecular formula is C27H34N4O4. The fraction of sp³-hybridized carbons (Fsp3) is 0.481. The van der Waals surface area contributed by atoms with E-state index in [0.717, 1.165) is 53.5 Å². The molecule has 8 nitrogen and oxygen atoms in total. The second kappa shape index (κ2) is 9.68. The van der Waals surface area contributed by atoms with Crippen LogP contribution >= 0.6 is 0 Å². The van der Waals surface area contributed by atoms with Crippen molar-refractivity contribution in [2.75, 3.05) is 26.8 Å². The fourth-order valence-electron chi connectivity index (χ4n) is 5.02. The molecule has 3 N–H and O–H groups in total. The van der Waals surface area contributed by atoms with Crippen molar-refractivity contribution in [2.45, 2.75) is 51.6 Å². The number of carbonyl (C=O) groups is 2. The molecule has 8 heteroatoms. The molecular weight excluding hydrogens is 444 g/mol. The van der Waals surface area contributed by atoms with Crippen molar-refractivity contribution in [3.63, 3.8) is 0 Å². The fourth-order valence-corrected chi connectivity index (χ4v) is 5.02. The number of aromatic nitrogens is 1. The number of benzene rings is 1. The van der Waals surface area contributed by atoms with Gasteiger partial charge in [-0.15, -0.1) is 0 Å². The number of piperidine rings is 1. The molecule has 1 atom stereocenters. The smallest absolute Gasteiger partial charge is 0.255 e. The van der Waals surface area contributed by atoms with Crippen molar-refractivity contribution in [1.29, 1.82) is 0 Å². The van der Waals surface area contributed by atoms with E-state index in [0.29, 0.717) is 24.6 Å². The van der Waals surface area contributed by atoms with Gasteiger partial charge >= 0.3 is 0 Å². The lowest BCUT2D eigenvalue weighted by molar-refractivity contribution is -0.129. The Hall–Kier alpha value is -3.42. The number of likely N-dealkylation sites (tertiary alicyclic amines) is 1. The zero-order valence-corrected chi connectivity index (χ0v) is 20.6. The molecule has 3 aliphatic rings. The number of amides is 2. The molecule has 1 saturated heterocycles. The number of aromatic amines is 1. The van der Waals surface area contributed by atoms with Crippen molar-refractivity contribution in [1.82, 2.24) is 20.5 Å². The Labute approximate surface area is 206 Å². The van der Waals surface area contributed by atoms with Crippen LogP contribution < -0.4 is 20.1 Å². The summed E-state index contributed by atoms with van der Waals surface area (Å²) in [7, 11) is 1.66. The molecule has 5 rings (SSSR count). The third-order valence-corrected chi connectivity index (χ3v) is 7.28. The maximum Gasteiger partial charge on any atom is 0.255 e. The zero-order chi connectivity index (χ0) is 24.5. The molecule has 1 aliphatic carbocycles. The average Bonchev–Trinajstić information content (AvgIpc) is 3.56. The zero-order valence-electron chi connectivity index (χ0n) is 20.6. The van der Waals surface area contributed by atoms with Gasteiger partial charge in [0.1, 0.15) is 11.5 Å². The van der Waals surface area contributed by atoms with E-state index >= 15 is 0 Å². The Kier molecular flexibility index (Phi) is 6.45. The predicted molar refractivity (Wildman–Crippen MR) is 133 cm³/mol. The van der Waals surface area contributed by atoms with Crippen molar-refractivity contribution in [3.8, 4) is 11.5 Å². The van der Waals surface area contributed by atoms with Crippen LogP contribution in [0.25, 0.3) is 5.57 Å². The van der Waals surface area contributed by atoms with Crippen molar-refractivity contribution >= 4 is 17.4 Å². The van der Waals surface area contributed by atoms with Gasteiger partial charge in [-0.25, -0.2) is 0 Å². The largest absolute Gasteiger partial charge is 0.497 e. The molecule has 1 unspecified atom stereocenters. The van der Waals surface area contributed by atoms with Crippen LogP contribution in [0.3, 0.4) is 0 Å². The van der Waals surface area contributed by atoms with Crippen LogP contribution in [0.15, 0.2) is 36.2 Å². The summed E-state index contributed by atoms with van der Waals surface area (Å²) in [5, 5.41) is 6.76. The van der Waals surface area contributed by atoms with E-state index in [1.54, 1.807) is 14.0 Å². The van der Waals surface area contributed by atoms with E-state index in [-0.39, 0.29) is 23.9 Å². The lowest BCUT2D eigenvalue weighted by Crippen LogP contribution is -2.46. The third kappa shape index (κ3) is 4.88. The number of rotatable bonds is 7. The van der Waals surface area contributed by atoms with Gasteiger partial charge in [-0.1, -0.05) is 0 Å². The summed E-state index contributed by atoms with van der Waals surface area (Å²) in [6, 6.07) is 7.80. The first-order chi connectivity index (χ1) is 16.9. The van der Waals surface area contributed by atoms with Crippen LogP contribution in [-0.2, 0) is 9.59 Å². The monoisotopic (exact) mass is 478 g/mol. The van der Waals surface area contributed by atoms with Gasteiger partial charge in [-0.3, -0.25) is 9.59 Å². The molecule has 2 amide bonds. The van der Waals surface area contributed by atoms with Gasteiger partial charge in [0, 0.05) is 49.1 Å². The van der Waals surface area contributed by atoms with Gasteiger partial charge in [0.2, 0.25) is 5.91 Å². The number of fused-ring (bicyclic) bond motifs is 1. The number of allylic oxidation sites excluding steroid dienone is 1. The number of nitrogens with one attached hydrogen (secondary N) is 3. The number of hydrogen-bond acceptors (Lipinski definition) is 5. The van der Waals surface area contributed by atoms with Crippen molar-refractivity contribution < 1.29 is 19.1 Å². The minimum atomic E-state index is -0.170. The second-order valence-electron chi connectivity index (χ2n) is 9.80. The van der Waals surface area contributed by atoms with Gasteiger partial charge in [0.25, 0.3) is 5.91 Å². The lowest BCUT2D eigenvalue weighted by atomic mass is 9.90. The predicted octanol–water partition coefficient (Wildman–Crippen LogP) is 3.36. The maximum absolute atomic E-state index is 13.4. The highest BCUT2D eigenvalue weighted by atomic mass is 16.5. The summed E-state index contributed by atoms with van der Waals surface area (Å²) < 4.78 is 11.7. The van der Waals surface area contributed by atoms with Crippen LogP contribution in [0.5, 0.6) is 11.5 Å². The lowest BCUT2D eigenvalue weighted by Gasteiger charge is -2.33. The molecule has 0 bridgehead atoms. The molecule has 186 valence electrons. The van der Waals surface area contributed by atoms with E-state index in [4.69, 9.17) is 9.47 Å². The summed E-state index contributed by atoms with van der Waals surface area (Å²) in [6.07, 6.45) is 5.85. The quantitative estimate of drug-likeness (QED) is 0.567. The maximum atomic E-state index is 13.4. The molecule has 1 aromatic heterocycles. The Morgan fingerprint density at radius 1 is 1.11 bits per heavy atom. The van der Waals surface area contributed by atoms with Gasteiger partial charge < -0.3 is 30.0 Å². The highest BCUT2D eigenvalue weighted by Crippen LogP contribution is 2.41. The first kappa shape index (κ1) is 23.3. The van der Waals surface area contributed by atoms with Crippen LogP contribution in [0, 0.1) is 5.92 Å². The Balaban J connectivity index is 1.38. The van der Waals surface area contributed by atoms with Crippen LogP contribution in [0.4, 0.5) is 0 Å². The molecule has 2 fully saturated rings. The summed E-state index contributed by atoms with van der Waals surface area (Å²) in [5.74, 6) is 2.23. The van der Waals surface area contributed by atoms with Crippen molar-refractivity contribution in [3.05, 3.63) is 53.0 Å². The minimum absolute atomic E-state index is 0.0512. The number of hydrogen-bond donors (Lipinski definition) is 3. The van der Waals surface area contributed by atoms with Crippen molar-refractivity contribution in [2.24, 2.45) is 5.92 Å². The normalized spacial score (nSPS) is 20.2. The first-order valence-corrected chi connectivity index (χ1v) is 12.5. The molecule has 1 saturated carbocycles. The topological polar surface area (TPSA) is 95.7 Å². The number of nitrogens with zero attached hydrogens (tertiary/aromatic N) is 1. The Morgan fingerprint density at radius 3 is 2.57 bits per heavy atom. The van der Waals surface area contributed by atoms with Gasteiger partial charge in [-0.05, 0) is 62.8 Å². The SMILES string of the molecule is COc1ccc(OCC2CC2)c(C2NC(C)=C(C(=O)NC3CCN(C(C)=O)CC3)c3[nH]ccc32)c1. The summed E-state index contributed by atoms with van der Waals surface area (Å²) in [6.45, 7) is 5.60. The number of H-pyrrole nitrogens is 1. The van der Waals surface area contributed by atoms with Crippen LogP contribution in [-0.4, -0.2) is 54.5 Å². The highest BCUT2D eigenvalue weighted by Gasteiger charge is 2.33. The summed E-state index contributed by atoms with van der Waals surface area (Å²) in [4.78, 5) is 30.1. The first-order valence-electron chi connectivity index (χ1n) is 12.5. The summed E-state index contributed by atoms with van der Waals surface area (Å²) >= 11 is 0. The van der Waals surface area contributed by atoms with Crippen LogP contribution in [0.1, 0.15) is 62.4 Å². The molecule has 0 spiro atoms. The third-order valence-electron chi connectivity index (χ3n) is 7.28. The Morgan fingerprint density at radius 2 is 1.89 bits per heavy atom. The van der Waals surface area contributed by atoms with Gasteiger partial charge in [0.15, 0.2) is 0 Å².